The predicted octanol–water partition coefficient (Wildman–Crippen LogP) is 2.58. The van der Waals surface area contributed by atoms with Gasteiger partial charge in [-0.2, -0.15) is 0 Å². The Balaban J connectivity index is 3.15. The third kappa shape index (κ3) is 2.20. The van der Waals surface area contributed by atoms with Crippen LogP contribution in [0.25, 0.3) is 0 Å². The average Bonchev–Trinajstić information content (AvgIpc) is 2.11. The molecule has 0 heterocycles. The van der Waals surface area contributed by atoms with E-state index in [4.69, 9.17) is 4.74 Å². The van der Waals surface area contributed by atoms with Crippen LogP contribution in [0.3, 0.4) is 0 Å². The van der Waals surface area contributed by atoms with E-state index in [1.54, 1.807) is 14.0 Å². The fourth-order valence-corrected chi connectivity index (χ4v) is 1.55. The van der Waals surface area contributed by atoms with Crippen LogP contribution in [0.2, 0.25) is 0 Å². The number of Topliss-reactive ketones (excluding diaryl/α,β-unsaturated/α-hetero) is 1. The van der Waals surface area contributed by atoms with Crippen LogP contribution in [0.5, 0.6) is 0 Å². The number of methoxy groups -OCH3 is 1. The summed E-state index contributed by atoms with van der Waals surface area (Å²) in [5, 5.41) is 0. The number of hydrogen-bond acceptors (Lipinski definition) is 2. The van der Waals surface area contributed by atoms with Crippen LogP contribution in [0, 0.1) is 13.8 Å². The summed E-state index contributed by atoms with van der Waals surface area (Å²) >= 11 is 0. The minimum Gasteiger partial charge on any atom is -0.369 e. The van der Waals surface area contributed by atoms with Gasteiger partial charge in [-0.25, -0.2) is 0 Å². The van der Waals surface area contributed by atoms with Crippen molar-refractivity contribution in [1.29, 1.82) is 0 Å². The molecule has 0 N–H and O–H groups in total. The van der Waals surface area contributed by atoms with E-state index in [-0.39, 0.29) is 5.78 Å². The Morgan fingerprint density at radius 2 is 2.00 bits per heavy atom. The first-order chi connectivity index (χ1) is 6.56. The van der Waals surface area contributed by atoms with E-state index in [9.17, 15) is 4.79 Å². The summed E-state index contributed by atoms with van der Waals surface area (Å²) in [7, 11) is 1.56. The van der Waals surface area contributed by atoms with Gasteiger partial charge in [0.15, 0.2) is 5.78 Å². The highest BCUT2D eigenvalue weighted by Crippen LogP contribution is 2.22. The van der Waals surface area contributed by atoms with E-state index < -0.39 is 6.10 Å². The number of hydrogen-bond donors (Lipinski definition) is 0. The van der Waals surface area contributed by atoms with Crippen molar-refractivity contribution >= 4 is 5.78 Å². The SMILES string of the molecule is COC(C(C)=O)c1cc(C)ccc1C. The zero-order valence-electron chi connectivity index (χ0n) is 9.13. The molecule has 0 aromatic heterocycles. The number of ketones is 1. The molecule has 0 aliphatic rings. The van der Waals surface area contributed by atoms with Gasteiger partial charge < -0.3 is 4.74 Å². The van der Waals surface area contributed by atoms with Crippen molar-refractivity contribution < 1.29 is 9.53 Å². The smallest absolute Gasteiger partial charge is 0.163 e. The van der Waals surface area contributed by atoms with Gasteiger partial charge in [-0.15, -0.1) is 0 Å². The van der Waals surface area contributed by atoms with Gasteiger partial charge in [-0.05, 0) is 31.9 Å². The van der Waals surface area contributed by atoms with E-state index in [1.807, 2.05) is 32.0 Å². The number of ether oxygens (including phenoxy) is 1. The number of carbonyl (C=O) groups is 1. The Labute approximate surface area is 84.9 Å². The molecule has 2 heteroatoms. The van der Waals surface area contributed by atoms with Gasteiger partial charge in [0.1, 0.15) is 6.10 Å². The summed E-state index contributed by atoms with van der Waals surface area (Å²) in [6, 6.07) is 6.05. The van der Waals surface area contributed by atoms with Gasteiger partial charge >= 0.3 is 0 Å². The van der Waals surface area contributed by atoms with Crippen molar-refractivity contribution in [2.24, 2.45) is 0 Å². The Morgan fingerprint density at radius 3 is 2.50 bits per heavy atom. The van der Waals surface area contributed by atoms with Gasteiger partial charge in [0, 0.05) is 7.11 Å². The highest BCUT2D eigenvalue weighted by molar-refractivity contribution is 5.82. The van der Waals surface area contributed by atoms with Crippen LogP contribution in [-0.2, 0) is 9.53 Å². The largest absolute Gasteiger partial charge is 0.369 e. The Bertz CT molecular complexity index is 342. The van der Waals surface area contributed by atoms with Crippen LogP contribution >= 0.6 is 0 Å². The molecule has 0 saturated heterocycles. The first kappa shape index (κ1) is 10.9. The molecule has 0 bridgehead atoms. The maximum atomic E-state index is 11.3. The van der Waals surface area contributed by atoms with Crippen molar-refractivity contribution in [3.63, 3.8) is 0 Å². The maximum absolute atomic E-state index is 11.3. The summed E-state index contributed by atoms with van der Waals surface area (Å²) in [5.74, 6) is 0.0428. The molecular weight excluding hydrogens is 176 g/mol. The fourth-order valence-electron chi connectivity index (χ4n) is 1.55. The molecule has 1 unspecified atom stereocenters. The number of benzene rings is 1. The highest BCUT2D eigenvalue weighted by atomic mass is 16.5. The maximum Gasteiger partial charge on any atom is 0.163 e. The van der Waals surface area contributed by atoms with E-state index in [1.165, 1.54) is 0 Å². The third-order valence-electron chi connectivity index (χ3n) is 2.32. The summed E-state index contributed by atoms with van der Waals surface area (Å²) in [4.78, 5) is 11.3. The molecule has 0 spiro atoms. The van der Waals surface area contributed by atoms with E-state index >= 15 is 0 Å². The normalized spacial score (nSPS) is 12.6. The average molecular weight is 192 g/mol. The number of aryl methyl sites for hydroxylation is 2. The Morgan fingerprint density at radius 1 is 1.36 bits per heavy atom. The zero-order valence-corrected chi connectivity index (χ0v) is 9.13. The quantitative estimate of drug-likeness (QED) is 0.735. The van der Waals surface area contributed by atoms with Gasteiger partial charge in [0.25, 0.3) is 0 Å². The minimum atomic E-state index is -0.421. The van der Waals surface area contributed by atoms with Crippen molar-refractivity contribution in [3.8, 4) is 0 Å². The molecule has 1 rings (SSSR count). The van der Waals surface area contributed by atoms with Gasteiger partial charge in [0.05, 0.1) is 0 Å². The molecule has 0 saturated carbocycles. The number of rotatable bonds is 3. The minimum absolute atomic E-state index is 0.0428. The summed E-state index contributed by atoms with van der Waals surface area (Å²) in [6.45, 7) is 5.55. The monoisotopic (exact) mass is 192 g/mol. The lowest BCUT2D eigenvalue weighted by atomic mass is 9.99. The Hall–Kier alpha value is -1.15. The molecule has 0 fully saturated rings. The molecule has 1 aromatic rings. The molecule has 1 atom stereocenters. The topological polar surface area (TPSA) is 26.3 Å². The lowest BCUT2D eigenvalue weighted by molar-refractivity contribution is -0.126. The first-order valence-corrected chi connectivity index (χ1v) is 4.66. The van der Waals surface area contributed by atoms with Crippen molar-refractivity contribution in [2.45, 2.75) is 26.9 Å². The first-order valence-electron chi connectivity index (χ1n) is 4.66. The van der Waals surface area contributed by atoms with Gasteiger partial charge in [-0.1, -0.05) is 23.8 Å². The van der Waals surface area contributed by atoms with Crippen molar-refractivity contribution in [2.75, 3.05) is 7.11 Å². The van der Waals surface area contributed by atoms with Crippen molar-refractivity contribution in [1.82, 2.24) is 0 Å². The highest BCUT2D eigenvalue weighted by Gasteiger charge is 2.17. The second kappa shape index (κ2) is 4.38. The van der Waals surface area contributed by atoms with Crippen LogP contribution in [-0.4, -0.2) is 12.9 Å². The molecule has 2 nitrogen and oxygen atoms in total. The fraction of sp³-hybridized carbons (Fsp3) is 0.417. The zero-order chi connectivity index (χ0) is 10.7. The lowest BCUT2D eigenvalue weighted by Gasteiger charge is -2.15. The second-order valence-electron chi connectivity index (χ2n) is 3.59. The molecule has 76 valence electrons. The van der Waals surface area contributed by atoms with Crippen LogP contribution < -0.4 is 0 Å². The summed E-state index contributed by atoms with van der Waals surface area (Å²) < 4.78 is 5.18. The van der Waals surface area contributed by atoms with E-state index in [2.05, 4.69) is 0 Å². The lowest BCUT2D eigenvalue weighted by Crippen LogP contribution is -2.12. The summed E-state index contributed by atoms with van der Waals surface area (Å²) in [6.07, 6.45) is -0.421. The second-order valence-corrected chi connectivity index (χ2v) is 3.59. The predicted molar refractivity (Wildman–Crippen MR) is 56.3 cm³/mol. The van der Waals surface area contributed by atoms with E-state index in [0.717, 1.165) is 16.7 Å². The van der Waals surface area contributed by atoms with Gasteiger partial charge in [0.2, 0.25) is 0 Å². The number of carbonyl (C=O) groups excluding carboxylic acids is 1. The molecular formula is C12H16O2. The Kier molecular flexibility index (Phi) is 3.42. The van der Waals surface area contributed by atoms with Crippen LogP contribution in [0.1, 0.15) is 29.7 Å². The van der Waals surface area contributed by atoms with E-state index in [0.29, 0.717) is 0 Å². The summed E-state index contributed by atoms with van der Waals surface area (Å²) in [5.41, 5.74) is 3.21. The van der Waals surface area contributed by atoms with Crippen LogP contribution in [0.4, 0.5) is 0 Å². The van der Waals surface area contributed by atoms with Crippen molar-refractivity contribution in [3.05, 3.63) is 34.9 Å². The molecule has 0 aliphatic carbocycles. The van der Waals surface area contributed by atoms with Gasteiger partial charge in [-0.3, -0.25) is 4.79 Å². The molecule has 1 aromatic carbocycles. The third-order valence-corrected chi connectivity index (χ3v) is 2.32. The molecule has 0 radical (unpaired) electrons. The molecule has 0 amide bonds. The standard InChI is InChI=1S/C12H16O2/c1-8-5-6-9(2)11(7-8)12(14-4)10(3)13/h5-7,12H,1-4H3. The van der Waals surface area contributed by atoms with Crippen LogP contribution in [0.15, 0.2) is 18.2 Å². The molecule has 0 aliphatic heterocycles. The molecule has 14 heavy (non-hydrogen) atoms.